The lowest BCUT2D eigenvalue weighted by molar-refractivity contribution is -0.142. The molecule has 1 aromatic rings. The summed E-state index contributed by atoms with van der Waals surface area (Å²) in [6.07, 6.45) is -3.49. The Morgan fingerprint density at radius 3 is 2.71 bits per heavy atom. The zero-order chi connectivity index (χ0) is 13.0. The monoisotopic (exact) mass is 249 g/mol. The van der Waals surface area contributed by atoms with E-state index in [9.17, 15) is 22.8 Å². The number of carbonyl (C=O) groups excluding carboxylic acids is 1. The molecule has 0 saturated carbocycles. The Bertz CT molecular complexity index is 470. The summed E-state index contributed by atoms with van der Waals surface area (Å²) < 4.78 is 42.5. The Kier molecular flexibility index (Phi) is 4.30. The lowest BCUT2D eigenvalue weighted by atomic mass is 10.1. The van der Waals surface area contributed by atoms with E-state index < -0.39 is 41.4 Å². The van der Waals surface area contributed by atoms with Gasteiger partial charge in [-0.1, -0.05) is 0 Å². The van der Waals surface area contributed by atoms with E-state index >= 15 is 0 Å². The van der Waals surface area contributed by atoms with Crippen LogP contribution in [0.3, 0.4) is 0 Å². The third-order valence-electron chi connectivity index (χ3n) is 1.94. The molecule has 94 valence electrons. The molecule has 0 aliphatic carbocycles. The van der Waals surface area contributed by atoms with E-state index in [-0.39, 0.29) is 6.61 Å². The van der Waals surface area contributed by atoms with Crippen molar-refractivity contribution in [3.63, 3.8) is 0 Å². The second-order valence-corrected chi connectivity index (χ2v) is 3.18. The van der Waals surface area contributed by atoms with Crippen LogP contribution >= 0.6 is 0 Å². The lowest BCUT2D eigenvalue weighted by Crippen LogP contribution is -2.19. The molecule has 1 aromatic heterocycles. The summed E-state index contributed by atoms with van der Waals surface area (Å²) in [6, 6.07) is 0.748. The van der Waals surface area contributed by atoms with Crippen LogP contribution in [0.5, 0.6) is 0 Å². The van der Waals surface area contributed by atoms with Gasteiger partial charge in [0, 0.05) is 5.56 Å². The Labute approximate surface area is 94.4 Å². The number of pyridine rings is 1. The van der Waals surface area contributed by atoms with Gasteiger partial charge in [-0.15, -0.1) is 0 Å². The Morgan fingerprint density at radius 2 is 2.18 bits per heavy atom. The predicted octanol–water partition coefficient (Wildman–Crippen LogP) is 1.56. The molecule has 0 fully saturated rings. The SMILES string of the molecule is CCOC(=O)Cc1cc(C(F)F)[nH]c(=O)c1F. The van der Waals surface area contributed by atoms with Crippen molar-refractivity contribution in [3.8, 4) is 0 Å². The van der Waals surface area contributed by atoms with E-state index in [0.717, 1.165) is 6.07 Å². The number of hydrogen-bond donors (Lipinski definition) is 1. The van der Waals surface area contributed by atoms with E-state index in [1.54, 1.807) is 11.9 Å². The fourth-order valence-corrected chi connectivity index (χ4v) is 1.23. The van der Waals surface area contributed by atoms with Crippen molar-refractivity contribution in [1.82, 2.24) is 4.98 Å². The second-order valence-electron chi connectivity index (χ2n) is 3.18. The van der Waals surface area contributed by atoms with E-state index in [1.807, 2.05) is 0 Å². The van der Waals surface area contributed by atoms with Gasteiger partial charge in [-0.2, -0.15) is 0 Å². The van der Waals surface area contributed by atoms with E-state index in [2.05, 4.69) is 4.74 Å². The molecule has 1 N–H and O–H groups in total. The first-order valence-corrected chi connectivity index (χ1v) is 4.81. The molecule has 7 heteroatoms. The number of halogens is 3. The molecule has 0 atom stereocenters. The van der Waals surface area contributed by atoms with Crippen molar-refractivity contribution in [2.24, 2.45) is 0 Å². The smallest absolute Gasteiger partial charge is 0.310 e. The zero-order valence-corrected chi connectivity index (χ0v) is 8.93. The summed E-state index contributed by atoms with van der Waals surface area (Å²) in [6.45, 7) is 1.64. The van der Waals surface area contributed by atoms with Crippen LogP contribution in [0.2, 0.25) is 0 Å². The number of carbonyl (C=O) groups is 1. The highest BCUT2D eigenvalue weighted by atomic mass is 19.3. The normalized spacial score (nSPS) is 10.6. The fourth-order valence-electron chi connectivity index (χ4n) is 1.23. The largest absolute Gasteiger partial charge is 0.466 e. The van der Waals surface area contributed by atoms with Crippen LogP contribution in [0.25, 0.3) is 0 Å². The molecule has 0 amide bonds. The summed E-state index contributed by atoms with van der Waals surface area (Å²) >= 11 is 0. The molecule has 0 aromatic carbocycles. The highest BCUT2D eigenvalue weighted by Crippen LogP contribution is 2.17. The van der Waals surface area contributed by atoms with Crippen LogP contribution in [-0.2, 0) is 16.0 Å². The molecule has 0 spiro atoms. The molecule has 1 rings (SSSR count). The van der Waals surface area contributed by atoms with Crippen LogP contribution in [0.15, 0.2) is 10.9 Å². The number of alkyl halides is 2. The summed E-state index contributed by atoms with van der Waals surface area (Å²) in [5.41, 5.74) is -2.40. The van der Waals surface area contributed by atoms with Gasteiger partial charge in [0.25, 0.3) is 12.0 Å². The minimum absolute atomic E-state index is 0.0886. The average molecular weight is 249 g/mol. The molecule has 0 saturated heterocycles. The van der Waals surface area contributed by atoms with E-state index in [4.69, 9.17) is 0 Å². The number of rotatable bonds is 4. The number of ether oxygens (including phenoxy) is 1. The zero-order valence-electron chi connectivity index (χ0n) is 8.93. The van der Waals surface area contributed by atoms with Gasteiger partial charge in [0.1, 0.15) is 0 Å². The number of H-pyrrole nitrogens is 1. The minimum Gasteiger partial charge on any atom is -0.466 e. The first-order valence-electron chi connectivity index (χ1n) is 4.81. The van der Waals surface area contributed by atoms with Gasteiger partial charge in [-0.05, 0) is 13.0 Å². The van der Waals surface area contributed by atoms with Crippen molar-refractivity contribution in [2.45, 2.75) is 19.8 Å². The van der Waals surface area contributed by atoms with E-state index in [0.29, 0.717) is 0 Å². The Hall–Kier alpha value is -1.79. The van der Waals surface area contributed by atoms with Gasteiger partial charge in [0.15, 0.2) is 5.82 Å². The van der Waals surface area contributed by atoms with Crippen molar-refractivity contribution < 1.29 is 22.7 Å². The highest BCUT2D eigenvalue weighted by molar-refractivity contribution is 5.72. The average Bonchev–Trinajstić information content (AvgIpc) is 2.24. The minimum atomic E-state index is -2.94. The van der Waals surface area contributed by atoms with Crippen LogP contribution in [-0.4, -0.2) is 17.6 Å². The second kappa shape index (κ2) is 5.51. The van der Waals surface area contributed by atoms with Crippen LogP contribution in [0.4, 0.5) is 13.2 Å². The summed E-state index contributed by atoms with van der Waals surface area (Å²) in [5, 5.41) is 0. The molecule has 17 heavy (non-hydrogen) atoms. The van der Waals surface area contributed by atoms with Crippen molar-refractivity contribution in [2.75, 3.05) is 6.61 Å². The number of aromatic nitrogens is 1. The fraction of sp³-hybridized carbons (Fsp3) is 0.400. The third kappa shape index (κ3) is 3.33. The molecule has 1 heterocycles. The number of esters is 1. The molecular formula is C10H10F3NO3. The van der Waals surface area contributed by atoms with Crippen molar-refractivity contribution >= 4 is 5.97 Å². The molecule has 0 aliphatic heterocycles. The summed E-state index contributed by atoms with van der Waals surface area (Å²) in [4.78, 5) is 23.7. The Morgan fingerprint density at radius 1 is 1.53 bits per heavy atom. The van der Waals surface area contributed by atoms with Crippen molar-refractivity contribution in [3.05, 3.63) is 33.5 Å². The van der Waals surface area contributed by atoms with Gasteiger partial charge in [0.05, 0.1) is 18.7 Å². The van der Waals surface area contributed by atoms with E-state index in [1.165, 1.54) is 0 Å². The van der Waals surface area contributed by atoms with Gasteiger partial charge in [-0.25, -0.2) is 13.2 Å². The molecular weight excluding hydrogens is 239 g/mol. The standard InChI is InChI=1S/C10H10F3NO3/c1-2-17-7(15)4-5-3-6(9(12)13)14-10(16)8(5)11/h3,9H,2,4H2,1H3,(H,14,16). The highest BCUT2D eigenvalue weighted by Gasteiger charge is 2.17. The maximum atomic E-state index is 13.2. The van der Waals surface area contributed by atoms with Gasteiger partial charge in [0.2, 0.25) is 0 Å². The van der Waals surface area contributed by atoms with Gasteiger partial charge < -0.3 is 9.72 Å². The summed E-state index contributed by atoms with van der Waals surface area (Å²) in [7, 11) is 0. The lowest BCUT2D eigenvalue weighted by Gasteiger charge is -2.05. The predicted molar refractivity (Wildman–Crippen MR) is 52.3 cm³/mol. The van der Waals surface area contributed by atoms with Gasteiger partial charge >= 0.3 is 5.97 Å². The first kappa shape index (κ1) is 13.3. The number of aromatic amines is 1. The molecule has 0 unspecified atom stereocenters. The molecule has 0 aliphatic rings. The van der Waals surface area contributed by atoms with Gasteiger partial charge in [-0.3, -0.25) is 9.59 Å². The molecule has 0 bridgehead atoms. The van der Waals surface area contributed by atoms with Crippen molar-refractivity contribution in [1.29, 1.82) is 0 Å². The number of nitrogens with one attached hydrogen (secondary N) is 1. The first-order chi connectivity index (χ1) is 7.95. The maximum absolute atomic E-state index is 13.2. The Balaban J connectivity index is 3.06. The molecule has 0 radical (unpaired) electrons. The molecule has 4 nitrogen and oxygen atoms in total. The van der Waals surface area contributed by atoms with Crippen LogP contribution < -0.4 is 5.56 Å². The maximum Gasteiger partial charge on any atom is 0.310 e. The van der Waals surface area contributed by atoms with Crippen LogP contribution in [0, 0.1) is 5.82 Å². The number of hydrogen-bond acceptors (Lipinski definition) is 3. The summed E-state index contributed by atoms with van der Waals surface area (Å²) in [5.74, 6) is -2.03. The van der Waals surface area contributed by atoms with Crippen LogP contribution in [0.1, 0.15) is 24.6 Å². The quantitative estimate of drug-likeness (QED) is 0.824. The topological polar surface area (TPSA) is 59.2 Å². The third-order valence-corrected chi connectivity index (χ3v) is 1.94.